The van der Waals surface area contributed by atoms with Crippen LogP contribution >= 0.6 is 0 Å². The zero-order chi connectivity index (χ0) is 13.5. The summed E-state index contributed by atoms with van der Waals surface area (Å²) in [5.74, 6) is -1.33. The molecule has 1 aromatic heterocycles. The highest BCUT2D eigenvalue weighted by Crippen LogP contribution is 2.33. The number of rotatable bonds is 3. The van der Waals surface area contributed by atoms with E-state index in [-0.39, 0.29) is 5.82 Å². The molecule has 0 saturated heterocycles. The maximum atomic E-state index is 14.0. The zero-order valence-electron chi connectivity index (χ0n) is 10.7. The lowest BCUT2D eigenvalue weighted by Crippen LogP contribution is -2.28. The van der Waals surface area contributed by atoms with Crippen molar-refractivity contribution in [1.29, 1.82) is 0 Å². The summed E-state index contributed by atoms with van der Waals surface area (Å²) in [7, 11) is 0. The van der Waals surface area contributed by atoms with E-state index in [1.54, 1.807) is 26.1 Å². The second-order valence-electron chi connectivity index (χ2n) is 4.89. The van der Waals surface area contributed by atoms with Crippen molar-refractivity contribution in [2.24, 2.45) is 0 Å². The minimum absolute atomic E-state index is 0.371. The molecule has 96 valence electrons. The molecule has 0 aliphatic heterocycles. The van der Waals surface area contributed by atoms with Gasteiger partial charge in [-0.15, -0.1) is 0 Å². The Morgan fingerprint density at radius 1 is 1.44 bits per heavy atom. The number of fused-ring (bicyclic) bond motifs is 1. The van der Waals surface area contributed by atoms with Gasteiger partial charge in [0.2, 0.25) is 0 Å². The van der Waals surface area contributed by atoms with Gasteiger partial charge in [-0.3, -0.25) is 4.79 Å². The van der Waals surface area contributed by atoms with E-state index in [9.17, 15) is 14.3 Å². The molecule has 2 aromatic rings. The standard InChI is InChI=1S/C14H16FNO2/c1-4-16-8-9(14(2,3)13(17)18)12-10(15)6-5-7-11(12)16/h5-8H,4H2,1-3H3,(H,17,18). The Bertz CT molecular complexity index is 614. The van der Waals surface area contributed by atoms with Gasteiger partial charge in [0.15, 0.2) is 0 Å². The van der Waals surface area contributed by atoms with Gasteiger partial charge in [0.1, 0.15) is 5.82 Å². The fourth-order valence-electron chi connectivity index (χ4n) is 2.16. The normalized spacial score (nSPS) is 12.0. The van der Waals surface area contributed by atoms with Crippen LogP contribution in [0.4, 0.5) is 4.39 Å². The molecule has 0 radical (unpaired) electrons. The molecule has 0 atom stereocenters. The van der Waals surface area contributed by atoms with E-state index in [4.69, 9.17) is 0 Å². The third kappa shape index (κ3) is 1.68. The number of carboxylic acid groups (broad SMARTS) is 1. The Morgan fingerprint density at radius 3 is 2.67 bits per heavy atom. The first-order chi connectivity index (χ1) is 8.39. The van der Waals surface area contributed by atoms with Crippen LogP contribution in [0.1, 0.15) is 26.3 Å². The van der Waals surface area contributed by atoms with Gasteiger partial charge in [-0.25, -0.2) is 4.39 Å². The summed E-state index contributed by atoms with van der Waals surface area (Å²) in [6.07, 6.45) is 1.74. The quantitative estimate of drug-likeness (QED) is 0.907. The molecule has 18 heavy (non-hydrogen) atoms. The van der Waals surface area contributed by atoms with Crippen LogP contribution in [0, 0.1) is 5.82 Å². The average molecular weight is 249 g/mol. The molecule has 2 rings (SSSR count). The second kappa shape index (κ2) is 4.12. The van der Waals surface area contributed by atoms with E-state index in [1.165, 1.54) is 6.07 Å². The maximum Gasteiger partial charge on any atom is 0.313 e. The number of halogens is 1. The highest BCUT2D eigenvalue weighted by Gasteiger charge is 2.33. The van der Waals surface area contributed by atoms with Gasteiger partial charge in [0.05, 0.1) is 10.9 Å². The lowest BCUT2D eigenvalue weighted by Gasteiger charge is -2.18. The number of benzene rings is 1. The zero-order valence-corrected chi connectivity index (χ0v) is 10.7. The molecule has 0 bridgehead atoms. The van der Waals surface area contributed by atoms with Gasteiger partial charge in [-0.05, 0) is 38.5 Å². The molecule has 0 unspecified atom stereocenters. The number of aliphatic carboxylic acids is 1. The Hall–Kier alpha value is -1.84. The largest absolute Gasteiger partial charge is 0.481 e. The van der Waals surface area contributed by atoms with Crippen molar-refractivity contribution in [1.82, 2.24) is 4.57 Å². The van der Waals surface area contributed by atoms with E-state index in [1.807, 2.05) is 17.6 Å². The number of hydrogen-bond donors (Lipinski definition) is 1. The van der Waals surface area contributed by atoms with Crippen LogP contribution < -0.4 is 0 Å². The van der Waals surface area contributed by atoms with Gasteiger partial charge < -0.3 is 9.67 Å². The summed E-state index contributed by atoms with van der Waals surface area (Å²) in [5, 5.41) is 9.70. The Morgan fingerprint density at radius 2 is 2.11 bits per heavy atom. The Balaban J connectivity index is 2.84. The van der Waals surface area contributed by atoms with Crippen LogP contribution in [0.3, 0.4) is 0 Å². The molecule has 0 saturated carbocycles. The average Bonchev–Trinajstić information content (AvgIpc) is 2.69. The van der Waals surface area contributed by atoms with E-state index in [0.717, 1.165) is 5.52 Å². The molecule has 0 aliphatic rings. The summed E-state index contributed by atoms with van der Waals surface area (Å²) in [6.45, 7) is 5.81. The topological polar surface area (TPSA) is 42.2 Å². The number of carbonyl (C=O) groups is 1. The van der Waals surface area contributed by atoms with Gasteiger partial charge in [0.25, 0.3) is 0 Å². The summed E-state index contributed by atoms with van der Waals surface area (Å²) >= 11 is 0. The fraction of sp³-hybridized carbons (Fsp3) is 0.357. The number of aryl methyl sites for hydroxylation is 1. The minimum atomic E-state index is -1.11. The van der Waals surface area contributed by atoms with E-state index in [0.29, 0.717) is 17.5 Å². The van der Waals surface area contributed by atoms with Gasteiger partial charge in [-0.2, -0.15) is 0 Å². The van der Waals surface area contributed by atoms with Gasteiger partial charge >= 0.3 is 5.97 Å². The van der Waals surface area contributed by atoms with Crippen LogP contribution in [-0.2, 0) is 16.8 Å². The van der Waals surface area contributed by atoms with Crippen molar-refractivity contribution < 1.29 is 14.3 Å². The molecule has 4 heteroatoms. The summed E-state index contributed by atoms with van der Waals surface area (Å²) in [5.41, 5.74) is 0.146. The van der Waals surface area contributed by atoms with E-state index < -0.39 is 11.4 Å². The lowest BCUT2D eigenvalue weighted by molar-refractivity contribution is -0.142. The van der Waals surface area contributed by atoms with Crippen molar-refractivity contribution in [3.8, 4) is 0 Å². The maximum absolute atomic E-state index is 14.0. The van der Waals surface area contributed by atoms with Crippen LogP contribution in [-0.4, -0.2) is 15.6 Å². The first-order valence-electron chi connectivity index (χ1n) is 5.90. The van der Waals surface area contributed by atoms with Crippen LogP contribution in [0.15, 0.2) is 24.4 Å². The molecule has 0 amide bonds. The van der Waals surface area contributed by atoms with Crippen molar-refractivity contribution in [3.05, 3.63) is 35.8 Å². The molecule has 0 aliphatic carbocycles. The van der Waals surface area contributed by atoms with Crippen molar-refractivity contribution in [2.75, 3.05) is 0 Å². The third-order valence-electron chi connectivity index (χ3n) is 3.40. The molecule has 0 spiro atoms. The van der Waals surface area contributed by atoms with Crippen molar-refractivity contribution >= 4 is 16.9 Å². The minimum Gasteiger partial charge on any atom is -0.481 e. The molecule has 1 aromatic carbocycles. The van der Waals surface area contributed by atoms with Gasteiger partial charge in [0, 0.05) is 18.1 Å². The molecule has 1 N–H and O–H groups in total. The third-order valence-corrected chi connectivity index (χ3v) is 3.40. The van der Waals surface area contributed by atoms with Crippen LogP contribution in [0.5, 0.6) is 0 Å². The number of hydrogen-bond acceptors (Lipinski definition) is 1. The molecule has 0 fully saturated rings. The molecular weight excluding hydrogens is 233 g/mol. The van der Waals surface area contributed by atoms with E-state index in [2.05, 4.69) is 0 Å². The SMILES string of the molecule is CCn1cc(C(C)(C)C(=O)O)c2c(F)cccc21. The van der Waals surface area contributed by atoms with Crippen molar-refractivity contribution in [2.45, 2.75) is 32.7 Å². The number of nitrogens with zero attached hydrogens (tertiary/aromatic N) is 1. The molecule has 3 nitrogen and oxygen atoms in total. The Kier molecular flexibility index (Phi) is 2.89. The number of aromatic nitrogens is 1. The molecule has 1 heterocycles. The predicted octanol–water partition coefficient (Wildman–Crippen LogP) is 3.16. The van der Waals surface area contributed by atoms with Crippen molar-refractivity contribution in [3.63, 3.8) is 0 Å². The fourth-order valence-corrected chi connectivity index (χ4v) is 2.16. The summed E-state index contributed by atoms with van der Waals surface area (Å²) in [6, 6.07) is 4.81. The number of carboxylic acids is 1. The monoisotopic (exact) mass is 249 g/mol. The lowest BCUT2D eigenvalue weighted by atomic mass is 9.84. The van der Waals surface area contributed by atoms with Crippen LogP contribution in [0.25, 0.3) is 10.9 Å². The Labute approximate surface area is 105 Å². The predicted molar refractivity (Wildman–Crippen MR) is 68.2 cm³/mol. The first kappa shape index (κ1) is 12.6. The van der Waals surface area contributed by atoms with Gasteiger partial charge in [-0.1, -0.05) is 6.07 Å². The summed E-state index contributed by atoms with van der Waals surface area (Å²) in [4.78, 5) is 11.3. The molecular formula is C14H16FNO2. The highest BCUT2D eigenvalue weighted by molar-refractivity contribution is 5.92. The second-order valence-corrected chi connectivity index (χ2v) is 4.89. The summed E-state index contributed by atoms with van der Waals surface area (Å²) < 4.78 is 15.9. The smallest absolute Gasteiger partial charge is 0.313 e. The van der Waals surface area contributed by atoms with E-state index >= 15 is 0 Å². The highest BCUT2D eigenvalue weighted by atomic mass is 19.1. The first-order valence-corrected chi connectivity index (χ1v) is 5.90. The van der Waals surface area contributed by atoms with Crippen LogP contribution in [0.2, 0.25) is 0 Å².